The number of hydrogen-bond donors (Lipinski definition) is 1. The molecule has 210 valence electrons. The quantitative estimate of drug-likeness (QED) is 0.187. The van der Waals surface area contributed by atoms with Gasteiger partial charge >= 0.3 is 0 Å². The Morgan fingerprint density at radius 2 is 1.62 bits per heavy atom. The summed E-state index contributed by atoms with van der Waals surface area (Å²) in [6.45, 7) is 9.99. The number of carbonyl (C=O) groups is 2. The predicted molar refractivity (Wildman–Crippen MR) is 155 cm³/mol. The molecule has 7 heteroatoms. The first kappa shape index (κ1) is 28.7. The maximum Gasteiger partial charge on any atom is 0.295 e. The predicted octanol–water partition coefficient (Wildman–Crippen LogP) is 6.54. The van der Waals surface area contributed by atoms with Gasteiger partial charge in [-0.05, 0) is 85.3 Å². The van der Waals surface area contributed by atoms with Crippen molar-refractivity contribution in [1.29, 1.82) is 0 Å². The average molecular weight is 544 g/mol. The molecule has 0 bridgehead atoms. The molecule has 1 saturated heterocycles. The number of carbonyl (C=O) groups excluding carboxylic acids is 2. The van der Waals surface area contributed by atoms with Gasteiger partial charge in [-0.3, -0.25) is 9.59 Å². The van der Waals surface area contributed by atoms with E-state index in [2.05, 4.69) is 0 Å². The summed E-state index contributed by atoms with van der Waals surface area (Å²) in [5.74, 6) is 0.511. The average Bonchev–Trinajstić information content (AvgIpc) is 3.18. The van der Waals surface area contributed by atoms with Crippen molar-refractivity contribution < 1.29 is 28.9 Å². The van der Waals surface area contributed by atoms with Gasteiger partial charge in [0.05, 0.1) is 31.9 Å². The summed E-state index contributed by atoms with van der Waals surface area (Å²) in [5, 5.41) is 11.7. The van der Waals surface area contributed by atoms with Gasteiger partial charge in [-0.1, -0.05) is 38.1 Å². The molecule has 1 amide bonds. The van der Waals surface area contributed by atoms with Crippen molar-refractivity contribution in [2.45, 2.75) is 59.2 Å². The van der Waals surface area contributed by atoms with Crippen molar-refractivity contribution in [3.8, 4) is 17.2 Å². The molecular weight excluding hydrogens is 506 g/mol. The number of aryl methyl sites for hydroxylation is 1. The van der Waals surface area contributed by atoms with Crippen LogP contribution in [0, 0.1) is 6.92 Å². The van der Waals surface area contributed by atoms with E-state index in [4.69, 9.17) is 14.2 Å². The third-order valence-corrected chi connectivity index (χ3v) is 7.05. The minimum absolute atomic E-state index is 0.0365. The number of hydrogen-bond acceptors (Lipinski definition) is 6. The second kappa shape index (κ2) is 11.9. The van der Waals surface area contributed by atoms with Gasteiger partial charge in [-0.2, -0.15) is 0 Å². The van der Waals surface area contributed by atoms with Crippen LogP contribution in [0.5, 0.6) is 17.2 Å². The number of ether oxygens (including phenoxy) is 3. The van der Waals surface area contributed by atoms with Crippen molar-refractivity contribution >= 4 is 17.4 Å². The molecular formula is C33H37NO6. The summed E-state index contributed by atoms with van der Waals surface area (Å²) in [4.78, 5) is 28.6. The molecule has 1 heterocycles. The summed E-state index contributed by atoms with van der Waals surface area (Å²) in [5.41, 5.74) is 3.65. The fourth-order valence-corrected chi connectivity index (χ4v) is 5.07. The molecule has 1 atom stereocenters. The zero-order valence-corrected chi connectivity index (χ0v) is 24.1. The number of ketones is 1. The number of benzene rings is 3. The molecule has 0 aromatic heterocycles. The van der Waals surface area contributed by atoms with E-state index in [1.165, 1.54) is 4.90 Å². The molecule has 40 heavy (non-hydrogen) atoms. The Hall–Kier alpha value is -4.26. The van der Waals surface area contributed by atoms with Crippen LogP contribution < -0.4 is 14.2 Å². The van der Waals surface area contributed by atoms with Crippen molar-refractivity contribution in [3.05, 3.63) is 94.1 Å². The maximum absolute atomic E-state index is 13.6. The molecule has 1 unspecified atom stereocenters. The van der Waals surface area contributed by atoms with E-state index in [1.54, 1.807) is 26.4 Å². The number of methoxy groups -OCH3 is 2. The van der Waals surface area contributed by atoms with Crippen LogP contribution in [0.3, 0.4) is 0 Å². The zero-order valence-electron chi connectivity index (χ0n) is 24.1. The highest BCUT2D eigenvalue weighted by atomic mass is 16.5. The molecule has 0 radical (unpaired) electrons. The number of aliphatic hydroxyl groups is 1. The Morgan fingerprint density at radius 3 is 2.23 bits per heavy atom. The third kappa shape index (κ3) is 5.69. The molecule has 3 aromatic carbocycles. The highest BCUT2D eigenvalue weighted by molar-refractivity contribution is 6.46. The van der Waals surface area contributed by atoms with E-state index in [-0.39, 0.29) is 29.9 Å². The lowest BCUT2D eigenvalue weighted by molar-refractivity contribution is -0.140. The van der Waals surface area contributed by atoms with E-state index in [1.807, 2.05) is 83.1 Å². The molecule has 1 aliphatic rings. The van der Waals surface area contributed by atoms with E-state index in [0.29, 0.717) is 22.6 Å². The third-order valence-electron chi connectivity index (χ3n) is 7.05. The normalized spacial score (nSPS) is 16.6. The monoisotopic (exact) mass is 543 g/mol. The van der Waals surface area contributed by atoms with Gasteiger partial charge in [0.25, 0.3) is 11.7 Å². The first-order valence-electron chi connectivity index (χ1n) is 13.4. The van der Waals surface area contributed by atoms with Gasteiger partial charge in [-0.25, -0.2) is 0 Å². The van der Waals surface area contributed by atoms with Crippen LogP contribution in [0.4, 0.5) is 0 Å². The molecule has 3 aromatic rings. The summed E-state index contributed by atoms with van der Waals surface area (Å²) < 4.78 is 16.8. The number of amides is 1. The number of rotatable bonds is 9. The molecule has 4 rings (SSSR count). The van der Waals surface area contributed by atoms with Crippen LogP contribution >= 0.6 is 0 Å². The highest BCUT2D eigenvalue weighted by Gasteiger charge is 2.46. The Kier molecular flexibility index (Phi) is 8.52. The number of nitrogens with zero attached hydrogens (tertiary/aromatic N) is 1. The zero-order chi connectivity index (χ0) is 29.1. The Balaban J connectivity index is 1.86. The summed E-state index contributed by atoms with van der Waals surface area (Å²) in [7, 11) is 3.17. The van der Waals surface area contributed by atoms with E-state index in [0.717, 1.165) is 22.4 Å². The van der Waals surface area contributed by atoms with Gasteiger partial charge < -0.3 is 24.2 Å². The summed E-state index contributed by atoms with van der Waals surface area (Å²) >= 11 is 0. The largest absolute Gasteiger partial charge is 0.507 e. The molecule has 0 saturated carbocycles. The standard InChI is InChI=1S/C33H37NO6/c1-19(2)26-17-27(21(5)15-28(26)39-7)31(35)29-30(23-9-8-10-25(16-23)38-6)34(33(37)32(29)36)18-22-11-13-24(14-12-22)40-20(3)4/h8-17,19-20,30,35H,18H2,1-7H3/b31-29+. The fraction of sp³-hybridized carbons (Fsp3) is 0.333. The SMILES string of the molecule is COc1cccc(C2/C(=C(\O)c3cc(C(C)C)c(OC)cc3C)C(=O)C(=O)N2Cc2ccc(OC(C)C)cc2)c1. The topological polar surface area (TPSA) is 85.3 Å². The van der Waals surface area contributed by atoms with Crippen molar-refractivity contribution in [2.75, 3.05) is 14.2 Å². The van der Waals surface area contributed by atoms with Crippen molar-refractivity contribution in [2.24, 2.45) is 0 Å². The van der Waals surface area contributed by atoms with Gasteiger partial charge in [-0.15, -0.1) is 0 Å². The smallest absolute Gasteiger partial charge is 0.295 e. The Labute approximate surface area is 236 Å². The second-order valence-electron chi connectivity index (χ2n) is 10.6. The van der Waals surface area contributed by atoms with Gasteiger partial charge in [0.15, 0.2) is 0 Å². The minimum atomic E-state index is -0.814. The van der Waals surface area contributed by atoms with Crippen LogP contribution in [0.15, 0.2) is 66.2 Å². The number of likely N-dealkylation sites (tertiary alicyclic amines) is 1. The lowest BCUT2D eigenvalue weighted by atomic mass is 9.91. The van der Waals surface area contributed by atoms with Crippen LogP contribution in [-0.4, -0.2) is 42.0 Å². The molecule has 1 N–H and O–H groups in total. The first-order valence-corrected chi connectivity index (χ1v) is 13.4. The molecule has 0 spiro atoms. The van der Waals surface area contributed by atoms with Crippen LogP contribution in [0.2, 0.25) is 0 Å². The summed E-state index contributed by atoms with van der Waals surface area (Å²) in [6.07, 6.45) is 0.0365. The maximum atomic E-state index is 13.6. The Bertz CT molecular complexity index is 1440. The molecule has 1 fully saturated rings. The molecule has 0 aliphatic carbocycles. The van der Waals surface area contributed by atoms with Crippen molar-refractivity contribution in [3.63, 3.8) is 0 Å². The number of Topliss-reactive ketones (excluding diaryl/α,β-unsaturated/α-hetero) is 1. The lowest BCUT2D eigenvalue weighted by Crippen LogP contribution is -2.29. The highest BCUT2D eigenvalue weighted by Crippen LogP contribution is 2.42. The Morgan fingerprint density at radius 1 is 0.925 bits per heavy atom. The van der Waals surface area contributed by atoms with Gasteiger partial charge in [0, 0.05) is 12.1 Å². The second-order valence-corrected chi connectivity index (χ2v) is 10.6. The van der Waals surface area contributed by atoms with Crippen molar-refractivity contribution in [1.82, 2.24) is 4.90 Å². The van der Waals surface area contributed by atoms with E-state index < -0.39 is 17.7 Å². The number of aliphatic hydroxyl groups excluding tert-OH is 1. The molecule has 7 nitrogen and oxygen atoms in total. The molecule has 1 aliphatic heterocycles. The lowest BCUT2D eigenvalue weighted by Gasteiger charge is -2.26. The van der Waals surface area contributed by atoms with E-state index >= 15 is 0 Å². The van der Waals surface area contributed by atoms with Crippen LogP contribution in [-0.2, 0) is 16.1 Å². The fourth-order valence-electron chi connectivity index (χ4n) is 5.07. The van der Waals surface area contributed by atoms with E-state index in [9.17, 15) is 14.7 Å². The summed E-state index contributed by atoms with van der Waals surface area (Å²) in [6, 6.07) is 17.6. The minimum Gasteiger partial charge on any atom is -0.507 e. The van der Waals surface area contributed by atoms with Crippen LogP contribution in [0.1, 0.15) is 67.5 Å². The van der Waals surface area contributed by atoms with Gasteiger partial charge in [0.1, 0.15) is 23.0 Å². The first-order chi connectivity index (χ1) is 19.0. The van der Waals surface area contributed by atoms with Crippen LogP contribution in [0.25, 0.3) is 5.76 Å². The van der Waals surface area contributed by atoms with Gasteiger partial charge in [0.2, 0.25) is 0 Å².